The molecule has 1 amide bonds. The number of sulfonamides is 1. The van der Waals surface area contributed by atoms with Crippen molar-refractivity contribution in [1.29, 1.82) is 0 Å². The van der Waals surface area contributed by atoms with Gasteiger partial charge in [0.15, 0.2) is 0 Å². The summed E-state index contributed by atoms with van der Waals surface area (Å²) in [6.07, 6.45) is 2.26. The van der Waals surface area contributed by atoms with E-state index in [-0.39, 0.29) is 35.7 Å². The van der Waals surface area contributed by atoms with Crippen LogP contribution in [0.15, 0.2) is 29.2 Å². The molecule has 24 heavy (non-hydrogen) atoms. The normalized spacial score (nSPS) is 18.7. The topological polar surface area (TPSA) is 92.5 Å². The molecular weight excluding hydrogens is 350 g/mol. The Balaban J connectivity index is 0.00000288. The van der Waals surface area contributed by atoms with Crippen molar-refractivity contribution in [2.45, 2.75) is 31.1 Å². The highest BCUT2D eigenvalue weighted by Gasteiger charge is 2.33. The lowest BCUT2D eigenvalue weighted by Gasteiger charge is -2.31. The van der Waals surface area contributed by atoms with Gasteiger partial charge in [-0.15, -0.1) is 12.4 Å². The first-order valence-electron chi connectivity index (χ1n) is 8.06. The molecule has 1 fully saturated rings. The highest BCUT2D eigenvalue weighted by molar-refractivity contribution is 7.89. The van der Waals surface area contributed by atoms with Gasteiger partial charge in [-0.3, -0.25) is 4.79 Å². The Hall–Kier alpha value is -1.15. The van der Waals surface area contributed by atoms with Gasteiger partial charge in [0.1, 0.15) is 0 Å². The number of rotatable bonds is 6. The summed E-state index contributed by atoms with van der Waals surface area (Å²) in [5.74, 6) is -0.420. The summed E-state index contributed by atoms with van der Waals surface area (Å²) in [6.45, 7) is 3.51. The van der Waals surface area contributed by atoms with Crippen LogP contribution in [0.1, 0.15) is 25.3 Å². The average molecular weight is 376 g/mol. The Morgan fingerprint density at radius 3 is 2.58 bits per heavy atom. The van der Waals surface area contributed by atoms with Crippen LogP contribution in [-0.4, -0.2) is 44.8 Å². The van der Waals surface area contributed by atoms with Crippen LogP contribution < -0.4 is 11.1 Å². The maximum Gasteiger partial charge on any atom is 0.243 e. The maximum atomic E-state index is 12.7. The molecule has 0 spiro atoms. The van der Waals surface area contributed by atoms with Gasteiger partial charge in [0, 0.05) is 26.2 Å². The van der Waals surface area contributed by atoms with Gasteiger partial charge in [-0.2, -0.15) is 4.31 Å². The van der Waals surface area contributed by atoms with E-state index in [1.807, 2.05) is 19.1 Å². The van der Waals surface area contributed by atoms with E-state index >= 15 is 0 Å². The zero-order valence-corrected chi connectivity index (χ0v) is 15.5. The Morgan fingerprint density at radius 1 is 1.33 bits per heavy atom. The van der Waals surface area contributed by atoms with E-state index in [0.29, 0.717) is 32.5 Å². The summed E-state index contributed by atoms with van der Waals surface area (Å²) >= 11 is 0. The number of piperidine rings is 1. The monoisotopic (exact) mass is 375 g/mol. The fourth-order valence-corrected chi connectivity index (χ4v) is 4.28. The number of nitrogens with two attached hydrogens (primary N) is 1. The largest absolute Gasteiger partial charge is 0.355 e. The number of aryl methyl sites for hydroxylation is 1. The Morgan fingerprint density at radius 2 is 2.00 bits per heavy atom. The van der Waals surface area contributed by atoms with Crippen LogP contribution >= 0.6 is 12.4 Å². The highest BCUT2D eigenvalue weighted by atomic mass is 35.5. The number of hydrogen-bond donors (Lipinski definition) is 2. The molecule has 2 rings (SSSR count). The molecule has 1 aromatic carbocycles. The van der Waals surface area contributed by atoms with E-state index in [4.69, 9.17) is 5.73 Å². The van der Waals surface area contributed by atoms with Crippen LogP contribution in [0.2, 0.25) is 0 Å². The second-order valence-corrected chi connectivity index (χ2v) is 7.72. The number of carbonyl (C=O) groups is 1. The molecule has 1 unspecified atom stereocenters. The van der Waals surface area contributed by atoms with E-state index < -0.39 is 10.0 Å². The van der Waals surface area contributed by atoms with Gasteiger partial charge in [-0.1, -0.05) is 19.1 Å². The van der Waals surface area contributed by atoms with E-state index in [2.05, 4.69) is 5.32 Å². The summed E-state index contributed by atoms with van der Waals surface area (Å²) in [5.41, 5.74) is 6.48. The Labute approximate surface area is 150 Å². The quantitative estimate of drug-likeness (QED) is 0.780. The number of nitrogens with one attached hydrogen (secondary N) is 1. The molecular formula is C16H26ClN3O3S. The number of carbonyl (C=O) groups excluding carboxylic acids is 1. The molecule has 0 radical (unpaired) electrons. The summed E-state index contributed by atoms with van der Waals surface area (Å²) in [5, 5.41) is 2.74. The summed E-state index contributed by atoms with van der Waals surface area (Å²) in [7, 11) is -3.55. The molecule has 136 valence electrons. The first kappa shape index (κ1) is 20.9. The SMILES string of the molecule is CCc1ccc(S(=O)(=O)N2CCCC(C(=O)NCCN)C2)cc1.Cl. The molecule has 1 heterocycles. The van der Waals surface area contributed by atoms with Crippen molar-refractivity contribution in [1.82, 2.24) is 9.62 Å². The lowest BCUT2D eigenvalue weighted by Crippen LogP contribution is -2.46. The number of nitrogens with zero attached hydrogens (tertiary/aromatic N) is 1. The molecule has 1 aromatic rings. The van der Waals surface area contributed by atoms with Crippen LogP contribution in [0.4, 0.5) is 0 Å². The summed E-state index contributed by atoms with van der Waals surface area (Å²) in [4.78, 5) is 12.4. The van der Waals surface area contributed by atoms with Gasteiger partial charge in [0.25, 0.3) is 0 Å². The van der Waals surface area contributed by atoms with Gasteiger partial charge in [0.2, 0.25) is 15.9 Å². The third-order valence-corrected chi connectivity index (χ3v) is 6.05. The summed E-state index contributed by atoms with van der Waals surface area (Å²) in [6, 6.07) is 6.96. The molecule has 6 nitrogen and oxygen atoms in total. The van der Waals surface area contributed by atoms with Crippen molar-refractivity contribution in [2.24, 2.45) is 11.7 Å². The van der Waals surface area contributed by atoms with E-state index in [9.17, 15) is 13.2 Å². The maximum absolute atomic E-state index is 12.7. The molecule has 0 aliphatic carbocycles. The molecule has 0 aromatic heterocycles. The third kappa shape index (κ3) is 4.92. The van der Waals surface area contributed by atoms with E-state index in [1.54, 1.807) is 12.1 Å². The molecule has 1 aliphatic heterocycles. The van der Waals surface area contributed by atoms with E-state index in [1.165, 1.54) is 4.31 Å². The van der Waals surface area contributed by atoms with E-state index in [0.717, 1.165) is 12.0 Å². The van der Waals surface area contributed by atoms with Gasteiger partial charge in [-0.05, 0) is 37.0 Å². The van der Waals surface area contributed by atoms with Crippen LogP contribution in [0.25, 0.3) is 0 Å². The van der Waals surface area contributed by atoms with Gasteiger partial charge >= 0.3 is 0 Å². The minimum absolute atomic E-state index is 0. The fraction of sp³-hybridized carbons (Fsp3) is 0.562. The predicted octanol–water partition coefficient (Wildman–Crippen LogP) is 1.15. The van der Waals surface area contributed by atoms with Crippen molar-refractivity contribution in [3.05, 3.63) is 29.8 Å². The molecule has 1 saturated heterocycles. The zero-order valence-electron chi connectivity index (χ0n) is 13.9. The standard InChI is InChI=1S/C16H25N3O3S.ClH/c1-2-13-5-7-15(8-6-13)23(21,22)19-11-3-4-14(12-19)16(20)18-10-9-17;/h5-8,14H,2-4,9-12,17H2,1H3,(H,18,20);1H. The third-order valence-electron chi connectivity index (χ3n) is 4.17. The molecule has 0 bridgehead atoms. The Kier molecular flexibility index (Phi) is 8.15. The number of amides is 1. The van der Waals surface area contributed by atoms with Crippen molar-refractivity contribution in [2.75, 3.05) is 26.2 Å². The van der Waals surface area contributed by atoms with Gasteiger partial charge in [-0.25, -0.2) is 8.42 Å². The second-order valence-electron chi connectivity index (χ2n) is 5.78. The zero-order chi connectivity index (χ0) is 16.9. The molecule has 3 N–H and O–H groups in total. The fourth-order valence-electron chi connectivity index (χ4n) is 2.76. The molecule has 8 heteroatoms. The number of halogens is 1. The summed E-state index contributed by atoms with van der Waals surface area (Å²) < 4.78 is 26.9. The smallest absolute Gasteiger partial charge is 0.243 e. The predicted molar refractivity (Wildman–Crippen MR) is 96.6 cm³/mol. The number of benzene rings is 1. The van der Waals surface area contributed by atoms with Crippen LogP contribution in [0, 0.1) is 5.92 Å². The second kappa shape index (κ2) is 9.36. The average Bonchev–Trinajstić information content (AvgIpc) is 2.59. The van der Waals surface area contributed by atoms with Gasteiger partial charge in [0.05, 0.1) is 10.8 Å². The molecule has 1 aliphatic rings. The van der Waals surface area contributed by atoms with Crippen molar-refractivity contribution >= 4 is 28.3 Å². The minimum Gasteiger partial charge on any atom is -0.355 e. The van der Waals surface area contributed by atoms with Crippen LogP contribution in [-0.2, 0) is 21.2 Å². The lowest BCUT2D eigenvalue weighted by atomic mass is 9.99. The first-order chi connectivity index (χ1) is 11.0. The lowest BCUT2D eigenvalue weighted by molar-refractivity contribution is -0.126. The molecule has 0 saturated carbocycles. The van der Waals surface area contributed by atoms with Crippen molar-refractivity contribution in [3.8, 4) is 0 Å². The first-order valence-corrected chi connectivity index (χ1v) is 9.50. The van der Waals surface area contributed by atoms with Gasteiger partial charge < -0.3 is 11.1 Å². The Bertz CT molecular complexity index is 634. The van der Waals surface area contributed by atoms with Crippen molar-refractivity contribution < 1.29 is 13.2 Å². The minimum atomic E-state index is -3.55. The number of hydrogen-bond acceptors (Lipinski definition) is 4. The molecule has 1 atom stereocenters. The highest BCUT2D eigenvalue weighted by Crippen LogP contribution is 2.24. The van der Waals surface area contributed by atoms with Crippen molar-refractivity contribution in [3.63, 3.8) is 0 Å². The van der Waals surface area contributed by atoms with Crippen LogP contribution in [0.3, 0.4) is 0 Å². The van der Waals surface area contributed by atoms with Crippen LogP contribution in [0.5, 0.6) is 0 Å².